The zero-order chi connectivity index (χ0) is 14.1. The van der Waals surface area contributed by atoms with E-state index in [0.717, 1.165) is 24.8 Å². The largest absolute Gasteiger partial charge is 0.306 e. The van der Waals surface area contributed by atoms with Crippen molar-refractivity contribution >= 4 is 0 Å². The van der Waals surface area contributed by atoms with Gasteiger partial charge in [0.25, 0.3) is 0 Å². The Bertz CT molecular complexity index is 601. The predicted molar refractivity (Wildman–Crippen MR) is 72.1 cm³/mol. The monoisotopic (exact) mass is 277 g/mol. The highest BCUT2D eigenvalue weighted by Gasteiger charge is 2.23. The minimum absolute atomic E-state index is 0.100. The Kier molecular flexibility index (Phi) is 3.53. The van der Waals surface area contributed by atoms with Gasteiger partial charge in [-0.05, 0) is 31.4 Å². The summed E-state index contributed by atoms with van der Waals surface area (Å²) in [6.45, 7) is 0.192. The second kappa shape index (κ2) is 5.32. The molecule has 1 unspecified atom stereocenters. The lowest BCUT2D eigenvalue weighted by Gasteiger charge is -2.24. The molecule has 0 aliphatic heterocycles. The predicted octanol–water partition coefficient (Wildman–Crippen LogP) is 2.87. The summed E-state index contributed by atoms with van der Waals surface area (Å²) < 4.78 is 29.1. The third kappa shape index (κ3) is 2.33. The lowest BCUT2D eigenvalue weighted by atomic mass is 9.93. The van der Waals surface area contributed by atoms with Crippen molar-refractivity contribution in [1.29, 1.82) is 0 Å². The molecule has 2 aromatic rings. The Labute approximate surface area is 116 Å². The molecule has 0 fully saturated rings. The van der Waals surface area contributed by atoms with Crippen LogP contribution in [-0.4, -0.2) is 9.78 Å². The smallest absolute Gasteiger partial charge is 0.130 e. The first kappa shape index (κ1) is 13.2. The van der Waals surface area contributed by atoms with Gasteiger partial charge in [0.2, 0.25) is 0 Å². The number of hydrogen-bond donors (Lipinski definition) is 1. The minimum atomic E-state index is -0.500. The maximum Gasteiger partial charge on any atom is 0.130 e. The minimum Gasteiger partial charge on any atom is -0.306 e. The summed E-state index contributed by atoms with van der Waals surface area (Å²) in [6.07, 6.45) is 4.89. The van der Waals surface area contributed by atoms with Gasteiger partial charge in [-0.25, -0.2) is 8.78 Å². The van der Waals surface area contributed by atoms with E-state index in [1.807, 2.05) is 17.9 Å². The van der Waals surface area contributed by atoms with Crippen LogP contribution in [0.2, 0.25) is 0 Å². The Morgan fingerprint density at radius 2 is 2.10 bits per heavy atom. The lowest BCUT2D eigenvalue weighted by Crippen LogP contribution is -2.25. The van der Waals surface area contributed by atoms with E-state index >= 15 is 0 Å². The van der Waals surface area contributed by atoms with E-state index in [1.165, 1.54) is 23.9 Å². The quantitative estimate of drug-likeness (QED) is 0.935. The van der Waals surface area contributed by atoms with Gasteiger partial charge in [-0.2, -0.15) is 5.10 Å². The van der Waals surface area contributed by atoms with Crippen LogP contribution < -0.4 is 5.32 Å². The Morgan fingerprint density at radius 3 is 2.85 bits per heavy atom. The van der Waals surface area contributed by atoms with Crippen LogP contribution in [0.1, 0.15) is 35.7 Å². The average Bonchev–Trinajstić information content (AvgIpc) is 2.81. The zero-order valence-electron chi connectivity index (χ0n) is 11.4. The number of aryl methyl sites for hydroxylation is 1. The highest BCUT2D eigenvalue weighted by Crippen LogP contribution is 2.29. The molecule has 1 aromatic heterocycles. The van der Waals surface area contributed by atoms with Gasteiger partial charge < -0.3 is 5.32 Å². The molecule has 1 N–H and O–H groups in total. The normalized spacial score (nSPS) is 18.1. The van der Waals surface area contributed by atoms with Crippen LogP contribution in [0, 0.1) is 11.6 Å². The second-order valence-corrected chi connectivity index (χ2v) is 5.20. The van der Waals surface area contributed by atoms with E-state index in [4.69, 9.17) is 0 Å². The maximum atomic E-state index is 13.6. The summed E-state index contributed by atoms with van der Waals surface area (Å²) in [5.74, 6) is -1.00. The van der Waals surface area contributed by atoms with Crippen LogP contribution in [0.5, 0.6) is 0 Å². The van der Waals surface area contributed by atoms with Crippen LogP contribution in [0.15, 0.2) is 24.4 Å². The van der Waals surface area contributed by atoms with Crippen molar-refractivity contribution in [2.75, 3.05) is 0 Å². The third-order valence-electron chi connectivity index (χ3n) is 3.96. The summed E-state index contributed by atoms with van der Waals surface area (Å²) in [4.78, 5) is 0. The first-order valence-corrected chi connectivity index (χ1v) is 6.84. The Hall–Kier alpha value is -1.75. The number of nitrogens with one attached hydrogen (secondary N) is 1. The van der Waals surface area contributed by atoms with E-state index in [-0.39, 0.29) is 18.2 Å². The summed E-state index contributed by atoms with van der Waals surface area (Å²) in [7, 11) is 1.93. The molecule has 0 spiro atoms. The van der Waals surface area contributed by atoms with E-state index in [9.17, 15) is 8.78 Å². The van der Waals surface area contributed by atoms with Crippen molar-refractivity contribution in [2.24, 2.45) is 7.05 Å². The molecule has 1 aliphatic carbocycles. The van der Waals surface area contributed by atoms with Gasteiger partial charge in [-0.3, -0.25) is 4.68 Å². The Morgan fingerprint density at radius 1 is 1.35 bits per heavy atom. The van der Waals surface area contributed by atoms with Crippen molar-refractivity contribution in [2.45, 2.75) is 31.8 Å². The number of nitrogens with zero attached hydrogens (tertiary/aromatic N) is 2. The van der Waals surface area contributed by atoms with Crippen LogP contribution in [0.25, 0.3) is 0 Å². The van der Waals surface area contributed by atoms with Gasteiger partial charge in [-0.1, -0.05) is 6.07 Å². The van der Waals surface area contributed by atoms with Crippen LogP contribution in [0.3, 0.4) is 0 Å². The number of aromatic nitrogens is 2. The third-order valence-corrected chi connectivity index (χ3v) is 3.96. The van der Waals surface area contributed by atoms with Crippen molar-refractivity contribution < 1.29 is 8.78 Å². The molecule has 0 saturated carbocycles. The van der Waals surface area contributed by atoms with Gasteiger partial charge >= 0.3 is 0 Å². The molecule has 1 aromatic carbocycles. The fourth-order valence-electron chi connectivity index (χ4n) is 2.84. The fraction of sp³-hybridized carbons (Fsp3) is 0.400. The average molecular weight is 277 g/mol. The summed E-state index contributed by atoms with van der Waals surface area (Å²) in [6, 6.07) is 4.08. The molecular weight excluding hydrogens is 260 g/mol. The van der Waals surface area contributed by atoms with Crippen molar-refractivity contribution in [3.05, 3.63) is 52.9 Å². The number of halogens is 2. The first-order valence-electron chi connectivity index (χ1n) is 6.84. The molecule has 3 nitrogen and oxygen atoms in total. The van der Waals surface area contributed by atoms with Crippen molar-refractivity contribution in [3.8, 4) is 0 Å². The SMILES string of the molecule is Cn1ncc2c1CCCC2NCc1c(F)cccc1F. The number of rotatable bonds is 3. The molecule has 3 rings (SSSR count). The van der Waals surface area contributed by atoms with Gasteiger partial charge in [0.15, 0.2) is 0 Å². The lowest BCUT2D eigenvalue weighted by molar-refractivity contribution is 0.438. The van der Waals surface area contributed by atoms with Gasteiger partial charge in [0.05, 0.1) is 6.20 Å². The van der Waals surface area contributed by atoms with E-state index in [1.54, 1.807) is 0 Å². The second-order valence-electron chi connectivity index (χ2n) is 5.20. The molecular formula is C15H17F2N3. The zero-order valence-corrected chi connectivity index (χ0v) is 11.4. The highest BCUT2D eigenvalue weighted by molar-refractivity contribution is 5.25. The summed E-state index contributed by atoms with van der Waals surface area (Å²) in [5.41, 5.74) is 2.46. The number of fused-ring (bicyclic) bond motifs is 1. The van der Waals surface area contributed by atoms with Gasteiger partial charge in [-0.15, -0.1) is 0 Å². The molecule has 106 valence electrons. The van der Waals surface area contributed by atoms with E-state index in [0.29, 0.717) is 0 Å². The van der Waals surface area contributed by atoms with Crippen LogP contribution in [0.4, 0.5) is 8.78 Å². The van der Waals surface area contributed by atoms with Crippen LogP contribution >= 0.6 is 0 Å². The van der Waals surface area contributed by atoms with Crippen molar-refractivity contribution in [3.63, 3.8) is 0 Å². The van der Waals surface area contributed by atoms with E-state index in [2.05, 4.69) is 10.4 Å². The summed E-state index contributed by atoms with van der Waals surface area (Å²) in [5, 5.41) is 7.52. The highest BCUT2D eigenvalue weighted by atomic mass is 19.1. The molecule has 0 saturated heterocycles. The van der Waals surface area contributed by atoms with Gasteiger partial charge in [0.1, 0.15) is 11.6 Å². The fourth-order valence-corrected chi connectivity index (χ4v) is 2.84. The molecule has 0 amide bonds. The van der Waals surface area contributed by atoms with Crippen LogP contribution in [-0.2, 0) is 20.0 Å². The van der Waals surface area contributed by atoms with Crippen molar-refractivity contribution in [1.82, 2.24) is 15.1 Å². The molecule has 20 heavy (non-hydrogen) atoms. The molecule has 0 radical (unpaired) electrons. The topological polar surface area (TPSA) is 29.9 Å². The molecule has 1 aliphatic rings. The molecule has 1 heterocycles. The molecule has 1 atom stereocenters. The standard InChI is InChI=1S/C15H17F2N3/c1-20-15-7-3-6-14(11(15)9-19-20)18-8-10-12(16)4-2-5-13(10)17/h2,4-5,9,14,18H,3,6-8H2,1H3. The van der Waals surface area contributed by atoms with Gasteiger partial charge in [0, 0.05) is 36.5 Å². The maximum absolute atomic E-state index is 13.6. The number of benzene rings is 1. The Balaban J connectivity index is 1.77. The van der Waals surface area contributed by atoms with E-state index < -0.39 is 11.6 Å². The number of hydrogen-bond acceptors (Lipinski definition) is 2. The molecule has 0 bridgehead atoms. The summed E-state index contributed by atoms with van der Waals surface area (Å²) >= 11 is 0. The first-order chi connectivity index (χ1) is 9.66. The molecule has 5 heteroatoms.